The molecule has 116 valence electrons. The van der Waals surface area contributed by atoms with Gasteiger partial charge in [-0.3, -0.25) is 9.52 Å². The molecule has 1 N–H and O–H groups in total. The highest BCUT2D eigenvalue weighted by atomic mass is 32.2. The first-order valence-corrected chi connectivity index (χ1v) is 8.52. The van der Waals surface area contributed by atoms with Gasteiger partial charge in [-0.05, 0) is 36.6 Å². The Morgan fingerprint density at radius 3 is 2.14 bits per heavy atom. The van der Waals surface area contributed by atoms with E-state index in [1.165, 1.54) is 31.2 Å². The van der Waals surface area contributed by atoms with Gasteiger partial charge in [0.2, 0.25) is 0 Å². The molecule has 2 rings (SSSR count). The molecule has 0 aliphatic carbocycles. The van der Waals surface area contributed by atoms with Gasteiger partial charge in [0.05, 0.1) is 10.6 Å². The number of carbonyl (C=O) groups excluding carboxylic acids is 1. The van der Waals surface area contributed by atoms with Crippen molar-refractivity contribution in [2.75, 3.05) is 4.72 Å². The fraction of sp³-hybridized carbons (Fsp3) is 0.235. The number of rotatable bonds is 5. The van der Waals surface area contributed by atoms with Gasteiger partial charge in [0.1, 0.15) is 0 Å². The van der Waals surface area contributed by atoms with Gasteiger partial charge in [-0.15, -0.1) is 0 Å². The molecule has 22 heavy (non-hydrogen) atoms. The van der Waals surface area contributed by atoms with Gasteiger partial charge in [-0.1, -0.05) is 44.2 Å². The van der Waals surface area contributed by atoms with E-state index in [1.54, 1.807) is 12.1 Å². The van der Waals surface area contributed by atoms with Gasteiger partial charge in [0.25, 0.3) is 10.0 Å². The monoisotopic (exact) mass is 317 g/mol. The lowest BCUT2D eigenvalue weighted by Crippen LogP contribution is -2.14. The molecule has 0 radical (unpaired) electrons. The van der Waals surface area contributed by atoms with Crippen molar-refractivity contribution in [3.8, 4) is 0 Å². The Labute approximate surface area is 131 Å². The van der Waals surface area contributed by atoms with Crippen LogP contribution >= 0.6 is 0 Å². The standard InChI is InChI=1S/C17H19NO3S/c1-12(2)16-6-4-5-7-17(16)18-22(20,21)15-10-8-14(9-11-15)13(3)19/h4-12,18H,1-3H3. The predicted molar refractivity (Wildman–Crippen MR) is 87.8 cm³/mol. The SMILES string of the molecule is CC(=O)c1ccc(S(=O)(=O)Nc2ccccc2C(C)C)cc1. The van der Waals surface area contributed by atoms with Crippen LogP contribution in [0.4, 0.5) is 5.69 Å². The number of nitrogens with one attached hydrogen (secondary N) is 1. The van der Waals surface area contributed by atoms with Gasteiger partial charge < -0.3 is 0 Å². The quantitative estimate of drug-likeness (QED) is 0.853. The van der Waals surface area contributed by atoms with Crippen molar-refractivity contribution >= 4 is 21.5 Å². The first-order valence-electron chi connectivity index (χ1n) is 7.04. The Kier molecular flexibility index (Phi) is 4.66. The number of hydrogen-bond donors (Lipinski definition) is 1. The molecule has 0 saturated carbocycles. The second-order valence-electron chi connectivity index (χ2n) is 5.43. The van der Waals surface area contributed by atoms with Crippen molar-refractivity contribution in [2.45, 2.75) is 31.6 Å². The lowest BCUT2D eigenvalue weighted by atomic mass is 10.0. The molecule has 0 aliphatic rings. The maximum absolute atomic E-state index is 12.5. The topological polar surface area (TPSA) is 63.2 Å². The number of benzene rings is 2. The van der Waals surface area contributed by atoms with E-state index in [0.29, 0.717) is 11.3 Å². The predicted octanol–water partition coefficient (Wildman–Crippen LogP) is 3.81. The molecule has 0 aromatic heterocycles. The summed E-state index contributed by atoms with van der Waals surface area (Å²) in [5.41, 5.74) is 2.00. The third-order valence-electron chi connectivity index (χ3n) is 3.40. The van der Waals surface area contributed by atoms with Crippen molar-refractivity contribution in [1.82, 2.24) is 0 Å². The molecule has 0 amide bonds. The van der Waals surface area contributed by atoms with Crippen molar-refractivity contribution in [1.29, 1.82) is 0 Å². The normalized spacial score (nSPS) is 11.5. The number of hydrogen-bond acceptors (Lipinski definition) is 3. The summed E-state index contributed by atoms with van der Waals surface area (Å²) in [6.07, 6.45) is 0. The third-order valence-corrected chi connectivity index (χ3v) is 4.78. The molecule has 0 fully saturated rings. The van der Waals surface area contributed by atoms with Crippen LogP contribution in [-0.4, -0.2) is 14.2 Å². The molecular formula is C17H19NO3S. The Morgan fingerprint density at radius 1 is 1.00 bits per heavy atom. The van der Waals surface area contributed by atoms with Crippen molar-refractivity contribution in [3.05, 3.63) is 59.7 Å². The number of sulfonamides is 1. The zero-order chi connectivity index (χ0) is 16.3. The van der Waals surface area contributed by atoms with Crippen molar-refractivity contribution in [2.24, 2.45) is 0 Å². The van der Waals surface area contributed by atoms with Crippen LogP contribution in [0.3, 0.4) is 0 Å². The highest BCUT2D eigenvalue weighted by Gasteiger charge is 2.17. The van der Waals surface area contributed by atoms with Crippen LogP contribution in [0.5, 0.6) is 0 Å². The average Bonchev–Trinajstić information content (AvgIpc) is 2.47. The fourth-order valence-electron chi connectivity index (χ4n) is 2.17. The van der Waals surface area contributed by atoms with E-state index in [1.807, 2.05) is 26.0 Å². The summed E-state index contributed by atoms with van der Waals surface area (Å²) < 4.78 is 27.5. The molecule has 4 nitrogen and oxygen atoms in total. The minimum Gasteiger partial charge on any atom is -0.295 e. The van der Waals surface area contributed by atoms with Gasteiger partial charge in [0.15, 0.2) is 5.78 Å². The lowest BCUT2D eigenvalue weighted by molar-refractivity contribution is 0.101. The van der Waals surface area contributed by atoms with Gasteiger partial charge in [-0.2, -0.15) is 0 Å². The Balaban J connectivity index is 2.34. The Morgan fingerprint density at radius 2 is 1.59 bits per heavy atom. The molecule has 0 unspecified atom stereocenters. The summed E-state index contributed by atoms with van der Waals surface area (Å²) in [6, 6.07) is 13.3. The Hall–Kier alpha value is -2.14. The minimum atomic E-state index is -3.67. The van der Waals surface area contributed by atoms with Crippen LogP contribution in [0.15, 0.2) is 53.4 Å². The van der Waals surface area contributed by atoms with Crippen LogP contribution in [-0.2, 0) is 10.0 Å². The van der Waals surface area contributed by atoms with E-state index in [-0.39, 0.29) is 16.6 Å². The minimum absolute atomic E-state index is 0.0953. The molecular weight excluding hydrogens is 298 g/mol. The number of para-hydroxylation sites is 1. The fourth-order valence-corrected chi connectivity index (χ4v) is 3.25. The van der Waals surface area contributed by atoms with Crippen LogP contribution in [0.25, 0.3) is 0 Å². The van der Waals surface area contributed by atoms with E-state index in [4.69, 9.17) is 0 Å². The molecule has 0 aliphatic heterocycles. The zero-order valence-corrected chi connectivity index (χ0v) is 13.6. The zero-order valence-electron chi connectivity index (χ0n) is 12.8. The summed E-state index contributed by atoms with van der Waals surface area (Å²) in [5.74, 6) is 0.112. The number of Topliss-reactive ketones (excluding diaryl/α,β-unsaturated/α-hetero) is 1. The molecule has 2 aromatic carbocycles. The Bertz CT molecular complexity index is 778. The molecule has 0 saturated heterocycles. The largest absolute Gasteiger partial charge is 0.295 e. The average molecular weight is 317 g/mol. The second-order valence-corrected chi connectivity index (χ2v) is 7.11. The highest BCUT2D eigenvalue weighted by molar-refractivity contribution is 7.92. The summed E-state index contributed by atoms with van der Waals surface area (Å²) in [6.45, 7) is 5.46. The lowest BCUT2D eigenvalue weighted by Gasteiger charge is -2.15. The summed E-state index contributed by atoms with van der Waals surface area (Å²) in [7, 11) is -3.67. The smallest absolute Gasteiger partial charge is 0.261 e. The van der Waals surface area contributed by atoms with Crippen LogP contribution in [0.2, 0.25) is 0 Å². The van der Waals surface area contributed by atoms with Crippen molar-refractivity contribution < 1.29 is 13.2 Å². The first-order chi connectivity index (χ1) is 10.3. The van der Waals surface area contributed by atoms with E-state index >= 15 is 0 Å². The summed E-state index contributed by atoms with van der Waals surface area (Å²) in [4.78, 5) is 11.4. The van der Waals surface area contributed by atoms with Crippen LogP contribution in [0, 0.1) is 0 Å². The first kappa shape index (κ1) is 16.2. The van der Waals surface area contributed by atoms with E-state index in [2.05, 4.69) is 4.72 Å². The molecule has 5 heteroatoms. The molecule has 0 bridgehead atoms. The van der Waals surface area contributed by atoms with E-state index in [0.717, 1.165) is 5.56 Å². The summed E-state index contributed by atoms with van der Waals surface area (Å²) >= 11 is 0. The van der Waals surface area contributed by atoms with Gasteiger partial charge >= 0.3 is 0 Å². The molecule has 0 atom stereocenters. The maximum Gasteiger partial charge on any atom is 0.261 e. The molecule has 0 spiro atoms. The molecule has 0 heterocycles. The van der Waals surface area contributed by atoms with E-state index in [9.17, 15) is 13.2 Å². The van der Waals surface area contributed by atoms with Crippen molar-refractivity contribution in [3.63, 3.8) is 0 Å². The number of anilines is 1. The van der Waals surface area contributed by atoms with E-state index < -0.39 is 10.0 Å². The highest BCUT2D eigenvalue weighted by Crippen LogP contribution is 2.26. The number of carbonyl (C=O) groups is 1. The maximum atomic E-state index is 12.5. The van der Waals surface area contributed by atoms with Gasteiger partial charge in [0, 0.05) is 5.56 Å². The second kappa shape index (κ2) is 6.32. The summed E-state index contributed by atoms with van der Waals surface area (Å²) in [5, 5.41) is 0. The molecule has 2 aromatic rings. The van der Waals surface area contributed by atoms with Gasteiger partial charge in [-0.25, -0.2) is 8.42 Å². The number of ketones is 1. The third kappa shape index (κ3) is 3.54. The van der Waals surface area contributed by atoms with Crippen LogP contribution < -0.4 is 4.72 Å². The van der Waals surface area contributed by atoms with Crippen LogP contribution in [0.1, 0.15) is 42.6 Å².